The van der Waals surface area contributed by atoms with Crippen LogP contribution in [-0.4, -0.2) is 138 Å². The van der Waals surface area contributed by atoms with Gasteiger partial charge in [0.1, 0.15) is 36.3 Å². The van der Waals surface area contributed by atoms with Crippen LogP contribution in [0.3, 0.4) is 0 Å². The first-order valence-electron chi connectivity index (χ1n) is 16.4. The third-order valence-corrected chi connectivity index (χ3v) is 9.79. The van der Waals surface area contributed by atoms with Crippen LogP contribution in [0.15, 0.2) is 12.5 Å². The number of phosphoric acid groups is 1. The molecule has 0 saturated carbocycles. The molecule has 3 rings (SSSR count). The van der Waals surface area contributed by atoms with E-state index in [1.165, 1.54) is 17.4 Å². The van der Waals surface area contributed by atoms with Crippen molar-refractivity contribution in [3.63, 3.8) is 0 Å². The highest BCUT2D eigenvalue weighted by Crippen LogP contribution is 2.38. The van der Waals surface area contributed by atoms with Crippen LogP contribution in [0.1, 0.15) is 45.7 Å². The molecular formula is C29H46N9O12PS. The fourth-order valence-electron chi connectivity index (χ4n) is 5.60. The molecule has 2 aliphatic rings. The lowest BCUT2D eigenvalue weighted by atomic mass is 10.0. The standard InChI is InChI=1S/C29H46N9O12PS/c1-14(2)7-17-25(42)33-18(8-16-9-31-13-32-16)26(43)35-19(10-39)27(44)37-23(15(3)50-51(47,48)49)29(46)36-20(24(30)41)11-52-12-22(40)38-6-4-5-21(38)28(45)34-17/h9,13-15,17-21,23,39H,4-8,10-12H2,1-3H3,(H2,30,41)(H,31,32)(H,33,42)(H,34,45)(H,35,43)(H,36,46)(H,37,44)(H2,47,48,49)/t15-,17+,18+,19+,20-,21+,23+/m1/s1. The number of hydrogen-bond acceptors (Lipinski definition) is 12. The van der Waals surface area contributed by atoms with Crippen LogP contribution < -0.4 is 32.3 Å². The van der Waals surface area contributed by atoms with Crippen molar-refractivity contribution >= 4 is 60.9 Å². The molecule has 1 aromatic heterocycles. The fraction of sp³-hybridized carbons (Fsp3) is 0.655. The second-order valence-corrected chi connectivity index (χ2v) is 15.0. The first-order chi connectivity index (χ1) is 24.4. The highest BCUT2D eigenvalue weighted by atomic mass is 32.2. The molecule has 23 heteroatoms. The van der Waals surface area contributed by atoms with Gasteiger partial charge in [0, 0.05) is 30.6 Å². The number of aliphatic hydroxyl groups is 1. The lowest BCUT2D eigenvalue weighted by molar-refractivity contribution is -0.138. The molecule has 290 valence electrons. The summed E-state index contributed by atoms with van der Waals surface area (Å²) in [6.07, 6.45) is 1.74. The van der Waals surface area contributed by atoms with Crippen LogP contribution in [-0.2, 0) is 49.1 Å². The summed E-state index contributed by atoms with van der Waals surface area (Å²) in [5.41, 5.74) is 5.88. The zero-order valence-corrected chi connectivity index (χ0v) is 30.5. The maximum Gasteiger partial charge on any atom is 0.469 e. The van der Waals surface area contributed by atoms with Crippen LogP contribution in [0.4, 0.5) is 0 Å². The predicted molar refractivity (Wildman–Crippen MR) is 182 cm³/mol. The second-order valence-electron chi connectivity index (χ2n) is 12.8. The molecular weight excluding hydrogens is 729 g/mol. The largest absolute Gasteiger partial charge is 0.469 e. The molecule has 2 aliphatic heterocycles. The Morgan fingerprint density at radius 1 is 0.981 bits per heavy atom. The van der Waals surface area contributed by atoms with Gasteiger partial charge in [0.25, 0.3) is 0 Å². The third-order valence-electron chi connectivity index (χ3n) is 8.17. The van der Waals surface area contributed by atoms with Crippen LogP contribution in [0.25, 0.3) is 0 Å². The third kappa shape index (κ3) is 12.6. The minimum absolute atomic E-state index is 0.106. The van der Waals surface area contributed by atoms with Gasteiger partial charge < -0.3 is 57.1 Å². The van der Waals surface area contributed by atoms with Crippen molar-refractivity contribution in [2.24, 2.45) is 11.7 Å². The zero-order valence-electron chi connectivity index (χ0n) is 28.8. The van der Waals surface area contributed by atoms with E-state index in [0.29, 0.717) is 18.5 Å². The van der Waals surface area contributed by atoms with Crippen molar-refractivity contribution in [1.82, 2.24) is 41.5 Å². The molecule has 0 radical (unpaired) electrons. The van der Waals surface area contributed by atoms with E-state index in [2.05, 4.69) is 41.1 Å². The maximum absolute atomic E-state index is 13.7. The Hall–Kier alpha value is -4.08. The number of thioether (sulfide) groups is 1. The molecule has 7 amide bonds. The average Bonchev–Trinajstić information content (AvgIpc) is 3.76. The topological polar surface area (TPSA) is 325 Å². The summed E-state index contributed by atoms with van der Waals surface area (Å²) in [6.45, 7) is 3.88. The van der Waals surface area contributed by atoms with Crippen molar-refractivity contribution < 1.29 is 57.5 Å². The smallest absolute Gasteiger partial charge is 0.394 e. The number of aliphatic hydroxyl groups excluding tert-OH is 1. The summed E-state index contributed by atoms with van der Waals surface area (Å²) in [4.78, 5) is 120. The molecule has 0 unspecified atom stereocenters. The Morgan fingerprint density at radius 3 is 2.21 bits per heavy atom. The second kappa shape index (κ2) is 19.1. The van der Waals surface area contributed by atoms with Gasteiger partial charge in [0.05, 0.1) is 24.8 Å². The van der Waals surface area contributed by atoms with E-state index in [4.69, 9.17) is 5.73 Å². The predicted octanol–water partition coefficient (Wildman–Crippen LogP) is -3.86. The molecule has 52 heavy (non-hydrogen) atoms. The van der Waals surface area contributed by atoms with E-state index >= 15 is 0 Å². The van der Waals surface area contributed by atoms with Crippen molar-refractivity contribution in [2.45, 2.75) is 88.8 Å². The number of rotatable bonds is 9. The molecule has 7 atom stereocenters. The van der Waals surface area contributed by atoms with Crippen molar-refractivity contribution in [3.05, 3.63) is 18.2 Å². The zero-order chi connectivity index (χ0) is 38.7. The monoisotopic (exact) mass is 775 g/mol. The number of nitrogens with one attached hydrogen (secondary N) is 6. The van der Waals surface area contributed by atoms with Crippen molar-refractivity contribution in [3.8, 4) is 0 Å². The number of amides is 7. The number of primary amides is 1. The summed E-state index contributed by atoms with van der Waals surface area (Å²) in [5, 5.41) is 22.1. The average molecular weight is 776 g/mol. The maximum atomic E-state index is 13.7. The number of nitrogens with zero attached hydrogens (tertiary/aromatic N) is 2. The van der Waals surface area contributed by atoms with Crippen LogP contribution >= 0.6 is 19.6 Å². The molecule has 3 heterocycles. The minimum Gasteiger partial charge on any atom is -0.394 e. The summed E-state index contributed by atoms with van der Waals surface area (Å²) in [6, 6.07) is -8.64. The SMILES string of the molecule is CC(C)C[C@@H]1NC(=O)[C@@H]2CCCN2C(=O)CSC[C@H](C(N)=O)NC(=O)[C@H]([C@@H](C)OP(=O)(O)O)NC(=O)[C@H](CO)NC(=O)[C@H](Cc2cnc[nH]2)NC1=O. The molecule has 0 spiro atoms. The highest BCUT2D eigenvalue weighted by Gasteiger charge is 2.39. The lowest BCUT2D eigenvalue weighted by Gasteiger charge is -2.29. The molecule has 0 bridgehead atoms. The molecule has 1 aromatic rings. The summed E-state index contributed by atoms with van der Waals surface area (Å²) < 4.78 is 16.3. The molecule has 2 fully saturated rings. The van der Waals surface area contributed by atoms with Gasteiger partial charge in [0.15, 0.2) is 0 Å². The summed E-state index contributed by atoms with van der Waals surface area (Å²) in [5.74, 6) is -6.82. The van der Waals surface area contributed by atoms with Gasteiger partial charge in [-0.05, 0) is 32.1 Å². The Bertz CT molecular complexity index is 1510. The van der Waals surface area contributed by atoms with E-state index in [-0.39, 0.29) is 36.8 Å². The van der Waals surface area contributed by atoms with Crippen LogP contribution in [0.2, 0.25) is 0 Å². The Morgan fingerprint density at radius 2 is 1.62 bits per heavy atom. The summed E-state index contributed by atoms with van der Waals surface area (Å²) >= 11 is 0.904. The molecule has 11 N–H and O–H groups in total. The fourth-order valence-corrected chi connectivity index (χ4v) is 7.10. The number of phosphoric ester groups is 1. The van der Waals surface area contributed by atoms with Crippen molar-refractivity contribution in [1.29, 1.82) is 0 Å². The number of aromatic amines is 1. The Kier molecular flexibility index (Phi) is 15.6. The highest BCUT2D eigenvalue weighted by molar-refractivity contribution is 8.00. The minimum atomic E-state index is -5.25. The molecule has 21 nitrogen and oxygen atoms in total. The van der Waals surface area contributed by atoms with E-state index in [1.54, 1.807) is 0 Å². The first kappa shape index (κ1) is 42.3. The quantitative estimate of drug-likeness (QED) is 0.107. The van der Waals surface area contributed by atoms with Gasteiger partial charge in [0.2, 0.25) is 41.4 Å². The molecule has 0 aliphatic carbocycles. The van der Waals surface area contributed by atoms with Crippen LogP contribution in [0, 0.1) is 5.92 Å². The number of H-pyrrole nitrogens is 1. The van der Waals surface area contributed by atoms with Gasteiger partial charge in [-0.3, -0.25) is 38.1 Å². The van der Waals surface area contributed by atoms with Gasteiger partial charge in [-0.15, -0.1) is 11.8 Å². The van der Waals surface area contributed by atoms with E-state index in [1.807, 2.05) is 13.8 Å². The summed E-state index contributed by atoms with van der Waals surface area (Å²) in [7, 11) is -5.25. The molecule has 0 aromatic carbocycles. The number of imidazole rings is 1. The van der Waals surface area contributed by atoms with Gasteiger partial charge in [-0.2, -0.15) is 0 Å². The van der Waals surface area contributed by atoms with Gasteiger partial charge in [-0.1, -0.05) is 13.8 Å². The van der Waals surface area contributed by atoms with E-state index in [9.17, 15) is 53.0 Å². The number of aromatic nitrogens is 2. The first-order valence-corrected chi connectivity index (χ1v) is 19.1. The lowest BCUT2D eigenvalue weighted by Crippen LogP contribution is -2.62. The Labute approximate surface area is 302 Å². The van der Waals surface area contributed by atoms with Crippen molar-refractivity contribution in [2.75, 3.05) is 24.7 Å². The number of nitrogens with two attached hydrogens (primary N) is 1. The Balaban J connectivity index is 2.03. The van der Waals surface area contributed by atoms with E-state index in [0.717, 1.165) is 18.7 Å². The normalized spacial score (nSPS) is 27.0. The van der Waals surface area contributed by atoms with Crippen LogP contribution in [0.5, 0.6) is 0 Å². The van der Waals surface area contributed by atoms with Gasteiger partial charge >= 0.3 is 7.82 Å². The van der Waals surface area contributed by atoms with E-state index < -0.39 is 98.1 Å². The van der Waals surface area contributed by atoms with Gasteiger partial charge in [-0.25, -0.2) is 9.55 Å². The molecule has 2 saturated heterocycles. The number of fused-ring (bicyclic) bond motifs is 1. The number of carbonyl (C=O) groups is 7. The number of carbonyl (C=O) groups excluding carboxylic acids is 7. The number of hydrogen-bond donors (Lipinski definition) is 10.